The van der Waals surface area contributed by atoms with Crippen LogP contribution in [0.15, 0.2) is 24.3 Å². The summed E-state index contributed by atoms with van der Waals surface area (Å²) in [5.41, 5.74) is -0.0637. The Labute approximate surface area is 127 Å². The zero-order valence-corrected chi connectivity index (χ0v) is 12.1. The Morgan fingerprint density at radius 1 is 1.27 bits per heavy atom. The minimum Gasteiger partial charge on any atom is -0.434 e. The van der Waals surface area contributed by atoms with Crippen molar-refractivity contribution in [1.29, 1.82) is 0 Å². The Morgan fingerprint density at radius 3 is 2.59 bits per heavy atom. The van der Waals surface area contributed by atoms with Crippen molar-refractivity contribution < 1.29 is 23.9 Å². The lowest BCUT2D eigenvalue weighted by atomic mass is 10.3. The number of rotatable bonds is 6. The molecule has 120 valence electrons. The minimum atomic E-state index is -0.809. The maximum atomic E-state index is 11.5. The van der Waals surface area contributed by atoms with Crippen molar-refractivity contribution in [3.05, 3.63) is 34.4 Å². The summed E-state index contributed by atoms with van der Waals surface area (Å²) >= 11 is 0. The fourth-order valence-corrected chi connectivity index (χ4v) is 2.03. The summed E-state index contributed by atoms with van der Waals surface area (Å²) in [6.07, 6.45) is -0.0918. The molecule has 0 N–H and O–H groups in total. The molecular weight excluding hydrogens is 292 g/mol. The number of nitro benzene ring substituents is 1. The third-order valence-corrected chi connectivity index (χ3v) is 3.19. The molecule has 0 saturated carbocycles. The standard InChI is InChI=1S/C14H18N2O6/c17-14(21-9-1-6-15-7-10-20-11-8-15)22-13-4-2-12(3-5-13)16(18)19/h2-5H,1,6-11H2. The summed E-state index contributed by atoms with van der Waals surface area (Å²) in [5, 5.41) is 10.5. The van der Waals surface area contributed by atoms with Crippen molar-refractivity contribution in [3.8, 4) is 5.75 Å². The van der Waals surface area contributed by atoms with Crippen molar-refractivity contribution in [2.45, 2.75) is 6.42 Å². The van der Waals surface area contributed by atoms with Gasteiger partial charge in [0.25, 0.3) is 5.69 Å². The van der Waals surface area contributed by atoms with Gasteiger partial charge >= 0.3 is 6.16 Å². The third kappa shape index (κ3) is 5.30. The van der Waals surface area contributed by atoms with Gasteiger partial charge in [0.1, 0.15) is 5.75 Å². The first-order valence-electron chi connectivity index (χ1n) is 7.04. The summed E-state index contributed by atoms with van der Waals surface area (Å²) in [7, 11) is 0. The van der Waals surface area contributed by atoms with Crippen molar-refractivity contribution in [3.63, 3.8) is 0 Å². The molecule has 22 heavy (non-hydrogen) atoms. The largest absolute Gasteiger partial charge is 0.513 e. The number of hydrogen-bond acceptors (Lipinski definition) is 7. The van der Waals surface area contributed by atoms with Gasteiger partial charge in [0.15, 0.2) is 0 Å². The van der Waals surface area contributed by atoms with E-state index in [4.69, 9.17) is 14.2 Å². The molecular formula is C14H18N2O6. The van der Waals surface area contributed by atoms with Crippen LogP contribution >= 0.6 is 0 Å². The van der Waals surface area contributed by atoms with E-state index in [1.54, 1.807) is 0 Å². The second-order valence-corrected chi connectivity index (χ2v) is 4.76. The lowest BCUT2D eigenvalue weighted by molar-refractivity contribution is -0.384. The molecule has 1 fully saturated rings. The number of carbonyl (C=O) groups excluding carboxylic acids is 1. The van der Waals surface area contributed by atoms with Gasteiger partial charge in [-0.05, 0) is 18.6 Å². The van der Waals surface area contributed by atoms with Crippen LogP contribution in [0, 0.1) is 10.1 Å². The molecule has 0 aliphatic carbocycles. The van der Waals surface area contributed by atoms with Crippen LogP contribution in [-0.2, 0) is 9.47 Å². The van der Waals surface area contributed by atoms with Crippen LogP contribution in [0.2, 0.25) is 0 Å². The second-order valence-electron chi connectivity index (χ2n) is 4.76. The summed E-state index contributed by atoms with van der Waals surface area (Å²) in [6, 6.07) is 5.24. The number of non-ortho nitro benzene ring substituents is 1. The van der Waals surface area contributed by atoms with E-state index in [1.165, 1.54) is 24.3 Å². The van der Waals surface area contributed by atoms with Crippen molar-refractivity contribution in [1.82, 2.24) is 4.90 Å². The van der Waals surface area contributed by atoms with Gasteiger partial charge in [0.2, 0.25) is 0 Å². The minimum absolute atomic E-state index is 0.0637. The van der Waals surface area contributed by atoms with Gasteiger partial charge in [-0.25, -0.2) is 4.79 Å². The normalized spacial score (nSPS) is 15.3. The number of carbonyl (C=O) groups is 1. The van der Waals surface area contributed by atoms with Gasteiger partial charge in [-0.1, -0.05) is 0 Å². The summed E-state index contributed by atoms with van der Waals surface area (Å²) in [5.74, 6) is 0.212. The molecule has 0 radical (unpaired) electrons. The predicted octanol–water partition coefficient (Wildman–Crippen LogP) is 1.83. The number of morpholine rings is 1. The van der Waals surface area contributed by atoms with Crippen LogP contribution in [0.1, 0.15) is 6.42 Å². The maximum absolute atomic E-state index is 11.5. The van der Waals surface area contributed by atoms with E-state index in [-0.39, 0.29) is 18.0 Å². The summed E-state index contributed by atoms with van der Waals surface area (Å²) in [6.45, 7) is 4.38. The van der Waals surface area contributed by atoms with Crippen molar-refractivity contribution in [2.24, 2.45) is 0 Å². The van der Waals surface area contributed by atoms with Crippen molar-refractivity contribution >= 4 is 11.8 Å². The van der Waals surface area contributed by atoms with Crippen LogP contribution in [0.4, 0.5) is 10.5 Å². The molecule has 0 aromatic heterocycles. The zero-order chi connectivity index (χ0) is 15.8. The van der Waals surface area contributed by atoms with E-state index in [1.807, 2.05) is 0 Å². The number of ether oxygens (including phenoxy) is 3. The molecule has 1 saturated heterocycles. The monoisotopic (exact) mass is 310 g/mol. The Bertz CT molecular complexity index is 499. The molecule has 8 nitrogen and oxygen atoms in total. The van der Waals surface area contributed by atoms with E-state index < -0.39 is 11.1 Å². The fraction of sp³-hybridized carbons (Fsp3) is 0.500. The summed E-state index contributed by atoms with van der Waals surface area (Å²) in [4.78, 5) is 23.7. The Kier molecular flexibility index (Phi) is 6.11. The molecule has 1 aliphatic heterocycles. The van der Waals surface area contributed by atoms with E-state index in [0.29, 0.717) is 0 Å². The molecule has 0 amide bonds. The van der Waals surface area contributed by atoms with Crippen LogP contribution in [-0.4, -0.2) is 55.4 Å². The third-order valence-electron chi connectivity index (χ3n) is 3.19. The highest BCUT2D eigenvalue weighted by molar-refractivity contribution is 5.63. The zero-order valence-electron chi connectivity index (χ0n) is 12.1. The quantitative estimate of drug-likeness (QED) is 0.260. The maximum Gasteiger partial charge on any atom is 0.513 e. The van der Waals surface area contributed by atoms with Crippen LogP contribution < -0.4 is 4.74 Å². The Hall–Kier alpha value is -2.19. The highest BCUT2D eigenvalue weighted by Gasteiger charge is 2.11. The molecule has 8 heteroatoms. The molecule has 1 aromatic carbocycles. The topological polar surface area (TPSA) is 91.1 Å². The van der Waals surface area contributed by atoms with Gasteiger partial charge in [0.05, 0.1) is 24.7 Å². The van der Waals surface area contributed by atoms with Crippen LogP contribution in [0.25, 0.3) is 0 Å². The molecule has 0 atom stereocenters. The van der Waals surface area contributed by atoms with Gasteiger partial charge in [0, 0.05) is 31.8 Å². The lowest BCUT2D eigenvalue weighted by Gasteiger charge is -2.26. The molecule has 0 spiro atoms. The molecule has 0 unspecified atom stereocenters. The van der Waals surface area contributed by atoms with Gasteiger partial charge in [-0.2, -0.15) is 0 Å². The lowest BCUT2D eigenvalue weighted by Crippen LogP contribution is -2.37. The highest BCUT2D eigenvalue weighted by atomic mass is 16.7. The number of hydrogen-bond donors (Lipinski definition) is 0. The SMILES string of the molecule is O=C(OCCCN1CCOCC1)Oc1ccc([N+](=O)[O-])cc1. The number of nitro groups is 1. The average Bonchev–Trinajstić information content (AvgIpc) is 2.53. The number of benzene rings is 1. The van der Waals surface area contributed by atoms with E-state index in [2.05, 4.69) is 4.90 Å². The van der Waals surface area contributed by atoms with Crippen LogP contribution in [0.3, 0.4) is 0 Å². The van der Waals surface area contributed by atoms with E-state index in [9.17, 15) is 14.9 Å². The van der Waals surface area contributed by atoms with Gasteiger partial charge < -0.3 is 14.2 Å². The van der Waals surface area contributed by atoms with Crippen LogP contribution in [0.5, 0.6) is 5.75 Å². The number of nitrogens with zero attached hydrogens (tertiary/aromatic N) is 2. The van der Waals surface area contributed by atoms with E-state index in [0.717, 1.165) is 39.3 Å². The second kappa shape index (κ2) is 8.30. The first-order chi connectivity index (χ1) is 10.6. The highest BCUT2D eigenvalue weighted by Crippen LogP contribution is 2.17. The summed E-state index contributed by atoms with van der Waals surface area (Å²) < 4.78 is 15.1. The molecule has 1 aliphatic rings. The molecule has 2 rings (SSSR count). The average molecular weight is 310 g/mol. The molecule has 1 aromatic rings. The fourth-order valence-electron chi connectivity index (χ4n) is 2.03. The Balaban J connectivity index is 1.63. The molecule has 0 bridgehead atoms. The van der Waals surface area contributed by atoms with Crippen molar-refractivity contribution in [2.75, 3.05) is 39.5 Å². The first-order valence-corrected chi connectivity index (χ1v) is 7.04. The van der Waals surface area contributed by atoms with Gasteiger partial charge in [-0.3, -0.25) is 15.0 Å². The predicted molar refractivity (Wildman–Crippen MR) is 76.9 cm³/mol. The smallest absolute Gasteiger partial charge is 0.434 e. The first kappa shape index (κ1) is 16.2. The van der Waals surface area contributed by atoms with Gasteiger partial charge in [-0.15, -0.1) is 0 Å². The Morgan fingerprint density at radius 2 is 1.95 bits per heavy atom. The molecule has 1 heterocycles. The van der Waals surface area contributed by atoms with E-state index >= 15 is 0 Å².